The highest BCUT2D eigenvalue weighted by atomic mass is 16.5. The molecule has 2 N–H and O–H groups in total. The third-order valence-corrected chi connectivity index (χ3v) is 1.72. The van der Waals surface area contributed by atoms with Gasteiger partial charge in [-0.1, -0.05) is 0 Å². The molecule has 0 fully saturated rings. The van der Waals surface area contributed by atoms with E-state index in [9.17, 15) is 0 Å². The molecule has 0 bridgehead atoms. The molecule has 1 aromatic carbocycles. The Morgan fingerprint density at radius 2 is 2.13 bits per heavy atom. The Balaban J connectivity index is 2.45. The van der Waals surface area contributed by atoms with Gasteiger partial charge in [-0.3, -0.25) is 0 Å². The number of hydrazone groups is 1. The van der Waals surface area contributed by atoms with Crippen molar-refractivity contribution in [3.8, 4) is 5.75 Å². The summed E-state index contributed by atoms with van der Waals surface area (Å²) in [5.74, 6) is 0.859. The van der Waals surface area contributed by atoms with E-state index in [-0.39, 0.29) is 6.61 Å². The Morgan fingerprint density at radius 3 is 2.73 bits per heavy atom. The van der Waals surface area contributed by atoms with Gasteiger partial charge in [0.05, 0.1) is 26.0 Å². The van der Waals surface area contributed by atoms with E-state index in [0.29, 0.717) is 13.2 Å². The molecule has 0 aromatic heterocycles. The summed E-state index contributed by atoms with van der Waals surface area (Å²) >= 11 is 0. The maximum absolute atomic E-state index is 8.51. The molecule has 4 heteroatoms. The molecule has 15 heavy (non-hydrogen) atoms. The van der Waals surface area contributed by atoms with Crippen LogP contribution in [0.5, 0.6) is 5.75 Å². The number of aliphatic hydroxyl groups excluding tert-OH is 1. The average Bonchev–Trinajstić information content (AvgIpc) is 2.27. The van der Waals surface area contributed by atoms with Crippen molar-refractivity contribution >= 4 is 6.21 Å². The number of hydrogen-bond donors (Lipinski definition) is 2. The molecule has 0 radical (unpaired) electrons. The minimum atomic E-state index is 0.0839. The summed E-state index contributed by atoms with van der Waals surface area (Å²) in [6, 6.07) is 7.65. The normalized spacial score (nSPS) is 10.5. The van der Waals surface area contributed by atoms with Crippen LogP contribution in [0.4, 0.5) is 0 Å². The fourth-order valence-electron chi connectivity index (χ4n) is 1.05. The Bertz CT molecular complexity index is 296. The summed E-state index contributed by atoms with van der Waals surface area (Å²) in [7, 11) is 0. The first-order chi connectivity index (χ1) is 7.36. The van der Waals surface area contributed by atoms with Gasteiger partial charge >= 0.3 is 0 Å². The van der Waals surface area contributed by atoms with Crippen LogP contribution < -0.4 is 10.2 Å². The first-order valence-electron chi connectivity index (χ1n) is 4.96. The summed E-state index contributed by atoms with van der Waals surface area (Å²) in [5.41, 5.74) is 3.70. The van der Waals surface area contributed by atoms with E-state index in [1.807, 2.05) is 31.2 Å². The minimum Gasteiger partial charge on any atom is -0.494 e. The van der Waals surface area contributed by atoms with Gasteiger partial charge in [0.1, 0.15) is 5.75 Å². The molecule has 0 saturated heterocycles. The van der Waals surface area contributed by atoms with Crippen LogP contribution in [0.1, 0.15) is 12.5 Å². The molecule has 0 amide bonds. The lowest BCUT2D eigenvalue weighted by Gasteiger charge is -2.02. The second-order valence-electron chi connectivity index (χ2n) is 2.89. The highest BCUT2D eigenvalue weighted by Gasteiger charge is 1.91. The van der Waals surface area contributed by atoms with Gasteiger partial charge in [-0.25, -0.2) is 0 Å². The fourth-order valence-corrected chi connectivity index (χ4v) is 1.05. The predicted octanol–water partition coefficient (Wildman–Crippen LogP) is 1.00. The van der Waals surface area contributed by atoms with Gasteiger partial charge < -0.3 is 15.3 Å². The number of ether oxygens (including phenoxy) is 1. The van der Waals surface area contributed by atoms with Gasteiger partial charge in [-0.15, -0.1) is 0 Å². The van der Waals surface area contributed by atoms with E-state index in [1.54, 1.807) is 6.21 Å². The predicted molar refractivity (Wildman–Crippen MR) is 60.3 cm³/mol. The quantitative estimate of drug-likeness (QED) is 0.416. The highest BCUT2D eigenvalue weighted by Crippen LogP contribution is 2.10. The highest BCUT2D eigenvalue weighted by molar-refractivity contribution is 5.79. The van der Waals surface area contributed by atoms with E-state index in [4.69, 9.17) is 9.84 Å². The van der Waals surface area contributed by atoms with Crippen molar-refractivity contribution in [2.24, 2.45) is 5.10 Å². The zero-order chi connectivity index (χ0) is 10.9. The number of hydrogen-bond acceptors (Lipinski definition) is 4. The number of nitrogens with zero attached hydrogens (tertiary/aromatic N) is 1. The smallest absolute Gasteiger partial charge is 0.119 e. The number of rotatable bonds is 6. The summed E-state index contributed by atoms with van der Waals surface area (Å²) in [6.07, 6.45) is 1.70. The molecule has 0 saturated carbocycles. The number of nitrogens with one attached hydrogen (secondary N) is 1. The fraction of sp³-hybridized carbons (Fsp3) is 0.364. The Morgan fingerprint density at radius 1 is 1.40 bits per heavy atom. The van der Waals surface area contributed by atoms with Gasteiger partial charge in [0, 0.05) is 0 Å². The van der Waals surface area contributed by atoms with Crippen molar-refractivity contribution in [3.05, 3.63) is 29.8 Å². The minimum absolute atomic E-state index is 0.0839. The van der Waals surface area contributed by atoms with Gasteiger partial charge in [0.15, 0.2) is 0 Å². The first kappa shape index (κ1) is 11.5. The van der Waals surface area contributed by atoms with Crippen LogP contribution in [0, 0.1) is 0 Å². The van der Waals surface area contributed by atoms with Gasteiger partial charge in [0.2, 0.25) is 0 Å². The number of aliphatic hydroxyl groups is 1. The lowest BCUT2D eigenvalue weighted by atomic mass is 10.2. The van der Waals surface area contributed by atoms with Crippen LogP contribution in [-0.4, -0.2) is 31.1 Å². The van der Waals surface area contributed by atoms with Gasteiger partial charge in [-0.2, -0.15) is 5.10 Å². The monoisotopic (exact) mass is 208 g/mol. The van der Waals surface area contributed by atoms with Crippen LogP contribution in [-0.2, 0) is 0 Å². The van der Waals surface area contributed by atoms with Crippen molar-refractivity contribution in [3.63, 3.8) is 0 Å². The van der Waals surface area contributed by atoms with E-state index >= 15 is 0 Å². The zero-order valence-electron chi connectivity index (χ0n) is 8.81. The van der Waals surface area contributed by atoms with Gasteiger partial charge in [-0.05, 0) is 36.8 Å². The van der Waals surface area contributed by atoms with Crippen LogP contribution in [0.2, 0.25) is 0 Å². The lowest BCUT2D eigenvalue weighted by molar-refractivity contribution is 0.294. The summed E-state index contributed by atoms with van der Waals surface area (Å²) in [4.78, 5) is 0. The number of benzene rings is 1. The third-order valence-electron chi connectivity index (χ3n) is 1.72. The molecule has 1 rings (SSSR count). The van der Waals surface area contributed by atoms with Crippen molar-refractivity contribution < 1.29 is 9.84 Å². The molecule has 0 atom stereocenters. The van der Waals surface area contributed by atoms with E-state index in [2.05, 4.69) is 10.5 Å². The SMILES string of the molecule is CCOc1ccc(C=NNCCO)cc1. The van der Waals surface area contributed by atoms with Crippen LogP contribution >= 0.6 is 0 Å². The Labute approximate surface area is 89.6 Å². The Kier molecular flexibility index (Phi) is 5.25. The molecule has 0 heterocycles. The molecule has 0 aliphatic carbocycles. The van der Waals surface area contributed by atoms with E-state index in [0.717, 1.165) is 11.3 Å². The zero-order valence-corrected chi connectivity index (χ0v) is 8.81. The standard InChI is InChI=1S/C11H16N2O2/c1-2-15-11-5-3-10(4-6-11)9-13-12-7-8-14/h3-6,9,12,14H,2,7-8H2,1H3. The molecule has 0 unspecified atom stereocenters. The third kappa shape index (κ3) is 4.46. The van der Waals surface area contributed by atoms with E-state index < -0.39 is 0 Å². The van der Waals surface area contributed by atoms with Crippen molar-refractivity contribution in [1.82, 2.24) is 5.43 Å². The molecule has 82 valence electrons. The molecule has 4 nitrogen and oxygen atoms in total. The largest absolute Gasteiger partial charge is 0.494 e. The first-order valence-corrected chi connectivity index (χ1v) is 4.96. The Hall–Kier alpha value is -1.55. The molecule has 0 aliphatic rings. The maximum Gasteiger partial charge on any atom is 0.119 e. The molecule has 0 aliphatic heterocycles. The summed E-state index contributed by atoms with van der Waals surface area (Å²) in [6.45, 7) is 3.17. The molecule has 1 aromatic rings. The molecule has 0 spiro atoms. The molecular formula is C11H16N2O2. The van der Waals surface area contributed by atoms with Crippen LogP contribution in [0.3, 0.4) is 0 Å². The maximum atomic E-state index is 8.51. The topological polar surface area (TPSA) is 53.8 Å². The second kappa shape index (κ2) is 6.84. The van der Waals surface area contributed by atoms with E-state index in [1.165, 1.54) is 0 Å². The summed E-state index contributed by atoms with van der Waals surface area (Å²) < 4.78 is 5.31. The van der Waals surface area contributed by atoms with Crippen LogP contribution in [0.15, 0.2) is 29.4 Å². The van der Waals surface area contributed by atoms with Crippen LogP contribution in [0.25, 0.3) is 0 Å². The average molecular weight is 208 g/mol. The van der Waals surface area contributed by atoms with Crippen molar-refractivity contribution in [2.75, 3.05) is 19.8 Å². The lowest BCUT2D eigenvalue weighted by Crippen LogP contribution is -2.11. The second-order valence-corrected chi connectivity index (χ2v) is 2.89. The molecular weight excluding hydrogens is 192 g/mol. The summed E-state index contributed by atoms with van der Waals surface area (Å²) in [5, 5.41) is 12.4. The van der Waals surface area contributed by atoms with Crippen molar-refractivity contribution in [1.29, 1.82) is 0 Å². The van der Waals surface area contributed by atoms with Gasteiger partial charge in [0.25, 0.3) is 0 Å². The van der Waals surface area contributed by atoms with Crippen molar-refractivity contribution in [2.45, 2.75) is 6.92 Å².